The van der Waals surface area contributed by atoms with Crippen LogP contribution in [0.15, 0.2) is 70.7 Å². The van der Waals surface area contributed by atoms with Crippen molar-refractivity contribution < 1.29 is 19.1 Å². The van der Waals surface area contributed by atoms with Crippen molar-refractivity contribution in [3.05, 3.63) is 81.7 Å². The number of thioether (sulfide) groups is 1. The van der Waals surface area contributed by atoms with E-state index in [1.807, 2.05) is 66.9 Å². The number of amidine groups is 1. The van der Waals surface area contributed by atoms with Gasteiger partial charge in [-0.05, 0) is 54.3 Å². The van der Waals surface area contributed by atoms with Crippen LogP contribution in [0.4, 0.5) is 5.69 Å². The zero-order valence-corrected chi connectivity index (χ0v) is 19.9. The van der Waals surface area contributed by atoms with Crippen molar-refractivity contribution in [2.45, 2.75) is 13.5 Å². The molecule has 0 saturated heterocycles. The van der Waals surface area contributed by atoms with Crippen molar-refractivity contribution in [1.82, 2.24) is 5.32 Å². The number of thiophene rings is 1. The predicted molar refractivity (Wildman–Crippen MR) is 135 cm³/mol. The van der Waals surface area contributed by atoms with Crippen LogP contribution in [0.25, 0.3) is 6.08 Å². The molecule has 0 aliphatic carbocycles. The van der Waals surface area contributed by atoms with Gasteiger partial charge in [0.05, 0.1) is 18.0 Å². The van der Waals surface area contributed by atoms with Gasteiger partial charge in [0, 0.05) is 4.88 Å². The Bertz CT molecular complexity index is 1280. The first kappa shape index (κ1) is 22.2. The third-order valence-corrected chi connectivity index (χ3v) is 7.01. The second-order valence-electron chi connectivity index (χ2n) is 7.66. The van der Waals surface area contributed by atoms with Gasteiger partial charge < -0.3 is 14.8 Å². The third kappa shape index (κ3) is 4.85. The molecular formula is C25H21N3O4S2. The molecule has 0 fully saturated rings. The van der Waals surface area contributed by atoms with Crippen LogP contribution in [0.1, 0.15) is 16.0 Å². The maximum atomic E-state index is 13.3. The Morgan fingerprint density at radius 1 is 1.18 bits per heavy atom. The Hall–Kier alpha value is -3.56. The summed E-state index contributed by atoms with van der Waals surface area (Å²) in [5, 5.41) is 5.35. The maximum Gasteiger partial charge on any atom is 0.283 e. The van der Waals surface area contributed by atoms with Gasteiger partial charge in [-0.1, -0.05) is 41.6 Å². The first-order valence-corrected chi connectivity index (χ1v) is 12.5. The van der Waals surface area contributed by atoms with E-state index in [-0.39, 0.29) is 24.4 Å². The second kappa shape index (κ2) is 9.74. The molecule has 1 aromatic heterocycles. The van der Waals surface area contributed by atoms with Gasteiger partial charge >= 0.3 is 0 Å². The van der Waals surface area contributed by atoms with Gasteiger partial charge in [-0.15, -0.1) is 11.3 Å². The standard InChI is InChI=1S/C25H21N3O4S2/c1-16-4-7-18(8-5-16)28-24(30)20(11-17-6-9-21-22(12-17)32-15-31-21)27-25(28)34-14-23(29)26-13-19-3-2-10-33-19/h2-12H,13-15H2,1H3,(H,26,29). The lowest BCUT2D eigenvalue weighted by molar-refractivity contribution is -0.118. The highest BCUT2D eigenvalue weighted by atomic mass is 32.2. The van der Waals surface area contributed by atoms with Crippen LogP contribution in [0.2, 0.25) is 0 Å². The Labute approximate surface area is 205 Å². The highest BCUT2D eigenvalue weighted by molar-refractivity contribution is 8.14. The Balaban J connectivity index is 1.36. The summed E-state index contributed by atoms with van der Waals surface area (Å²) in [5.74, 6) is 1.09. The van der Waals surface area contributed by atoms with Gasteiger partial charge in [-0.2, -0.15) is 0 Å². The molecule has 2 aliphatic rings. The number of aryl methyl sites for hydroxylation is 1. The quantitative estimate of drug-likeness (QED) is 0.511. The van der Waals surface area contributed by atoms with Gasteiger partial charge in [-0.3, -0.25) is 14.5 Å². The fourth-order valence-electron chi connectivity index (χ4n) is 3.46. The third-order valence-electron chi connectivity index (χ3n) is 5.19. The Kier molecular flexibility index (Phi) is 6.37. The lowest BCUT2D eigenvalue weighted by Crippen LogP contribution is -2.32. The largest absolute Gasteiger partial charge is 0.454 e. The van der Waals surface area contributed by atoms with E-state index in [1.54, 1.807) is 22.3 Å². The molecule has 3 aromatic rings. The molecule has 2 aromatic carbocycles. The number of hydrogen-bond acceptors (Lipinski definition) is 7. The summed E-state index contributed by atoms with van der Waals surface area (Å²) in [5.41, 5.74) is 2.86. The molecule has 5 rings (SSSR count). The van der Waals surface area contributed by atoms with Gasteiger partial charge in [0.2, 0.25) is 12.7 Å². The molecule has 0 spiro atoms. The number of carbonyl (C=O) groups excluding carboxylic acids is 2. The van der Waals surface area contributed by atoms with E-state index in [0.717, 1.165) is 16.0 Å². The minimum Gasteiger partial charge on any atom is -0.454 e. The molecule has 172 valence electrons. The molecule has 0 bridgehead atoms. The number of ether oxygens (including phenoxy) is 2. The zero-order valence-electron chi connectivity index (χ0n) is 18.3. The highest BCUT2D eigenvalue weighted by Gasteiger charge is 2.32. The Morgan fingerprint density at radius 2 is 2.00 bits per heavy atom. The van der Waals surface area contributed by atoms with E-state index in [1.165, 1.54) is 11.8 Å². The average molecular weight is 492 g/mol. The van der Waals surface area contributed by atoms with E-state index >= 15 is 0 Å². The number of hydrogen-bond donors (Lipinski definition) is 1. The van der Waals surface area contributed by atoms with E-state index < -0.39 is 0 Å². The van der Waals surface area contributed by atoms with E-state index in [9.17, 15) is 9.59 Å². The van der Waals surface area contributed by atoms with Gasteiger partial charge in [0.15, 0.2) is 16.7 Å². The maximum absolute atomic E-state index is 13.3. The van der Waals surface area contributed by atoms with Crippen LogP contribution in [-0.4, -0.2) is 29.5 Å². The fourth-order valence-corrected chi connectivity index (χ4v) is 4.94. The topological polar surface area (TPSA) is 80.2 Å². The van der Waals surface area contributed by atoms with Crippen LogP contribution < -0.4 is 19.7 Å². The predicted octanol–water partition coefficient (Wildman–Crippen LogP) is 4.58. The number of nitrogens with one attached hydrogen (secondary N) is 1. The van der Waals surface area contributed by atoms with E-state index in [4.69, 9.17) is 9.47 Å². The van der Waals surface area contributed by atoms with Gasteiger partial charge in [0.25, 0.3) is 5.91 Å². The van der Waals surface area contributed by atoms with Crippen molar-refractivity contribution in [2.24, 2.45) is 4.99 Å². The summed E-state index contributed by atoms with van der Waals surface area (Å²) < 4.78 is 10.8. The van der Waals surface area contributed by atoms with Crippen LogP contribution >= 0.6 is 23.1 Å². The molecule has 0 unspecified atom stereocenters. The Morgan fingerprint density at radius 3 is 2.79 bits per heavy atom. The zero-order chi connectivity index (χ0) is 23.5. The number of benzene rings is 2. The molecule has 34 heavy (non-hydrogen) atoms. The minimum absolute atomic E-state index is 0.120. The molecular weight excluding hydrogens is 470 g/mol. The van der Waals surface area contributed by atoms with Gasteiger partial charge in [0.1, 0.15) is 5.70 Å². The molecule has 9 heteroatoms. The van der Waals surface area contributed by atoms with E-state index in [2.05, 4.69) is 10.3 Å². The number of fused-ring (bicyclic) bond motifs is 1. The van der Waals surface area contributed by atoms with Crippen LogP contribution in [0.3, 0.4) is 0 Å². The molecule has 7 nitrogen and oxygen atoms in total. The fraction of sp³-hybridized carbons (Fsp3) is 0.160. The molecule has 3 heterocycles. The number of aliphatic imine (C=N–C) groups is 1. The molecule has 2 amide bonds. The lowest BCUT2D eigenvalue weighted by Gasteiger charge is -2.18. The minimum atomic E-state index is -0.247. The first-order chi connectivity index (χ1) is 16.6. The lowest BCUT2D eigenvalue weighted by atomic mass is 10.1. The molecule has 2 aliphatic heterocycles. The average Bonchev–Trinajstić information content (AvgIpc) is 3.58. The highest BCUT2D eigenvalue weighted by Crippen LogP contribution is 2.34. The summed E-state index contributed by atoms with van der Waals surface area (Å²) in [4.78, 5) is 33.0. The van der Waals surface area contributed by atoms with Crippen molar-refractivity contribution in [3.63, 3.8) is 0 Å². The number of nitrogens with zero attached hydrogens (tertiary/aromatic N) is 2. The number of amides is 2. The second-order valence-corrected chi connectivity index (χ2v) is 9.63. The summed E-state index contributed by atoms with van der Waals surface area (Å²) in [6.07, 6.45) is 1.72. The monoisotopic (exact) mass is 491 g/mol. The summed E-state index contributed by atoms with van der Waals surface area (Å²) in [6, 6.07) is 17.0. The summed E-state index contributed by atoms with van der Waals surface area (Å²) >= 11 is 2.83. The summed E-state index contributed by atoms with van der Waals surface area (Å²) in [7, 11) is 0. The number of anilines is 1. The summed E-state index contributed by atoms with van der Waals surface area (Å²) in [6.45, 7) is 2.66. The normalized spacial score (nSPS) is 15.7. The number of rotatable bonds is 6. The molecule has 0 radical (unpaired) electrons. The van der Waals surface area contributed by atoms with Crippen molar-refractivity contribution in [2.75, 3.05) is 17.4 Å². The SMILES string of the molecule is Cc1ccc(N2C(=O)C(=Cc3ccc4c(c3)OCO4)N=C2SCC(=O)NCc2cccs2)cc1. The number of carbonyl (C=O) groups is 2. The first-order valence-electron chi connectivity index (χ1n) is 10.6. The van der Waals surface area contributed by atoms with E-state index in [0.29, 0.717) is 34.6 Å². The molecule has 0 saturated carbocycles. The van der Waals surface area contributed by atoms with Gasteiger partial charge in [-0.25, -0.2) is 4.99 Å². The smallest absolute Gasteiger partial charge is 0.283 e. The molecule has 1 N–H and O–H groups in total. The van der Waals surface area contributed by atoms with Crippen molar-refractivity contribution in [1.29, 1.82) is 0 Å². The van der Waals surface area contributed by atoms with Crippen LogP contribution in [0.5, 0.6) is 11.5 Å². The van der Waals surface area contributed by atoms with Crippen molar-refractivity contribution in [3.8, 4) is 11.5 Å². The van der Waals surface area contributed by atoms with Crippen LogP contribution in [0, 0.1) is 6.92 Å². The van der Waals surface area contributed by atoms with Crippen molar-refractivity contribution >= 4 is 51.8 Å². The molecule has 0 atom stereocenters. The van der Waals surface area contributed by atoms with Crippen LogP contribution in [-0.2, 0) is 16.1 Å².